The van der Waals surface area contributed by atoms with E-state index in [2.05, 4.69) is 4.98 Å². The van der Waals surface area contributed by atoms with Gasteiger partial charge >= 0.3 is 0 Å². The Morgan fingerprint density at radius 2 is 1.73 bits per heavy atom. The molecule has 37 heavy (non-hydrogen) atoms. The maximum Gasteiger partial charge on any atom is 0.166 e. The van der Waals surface area contributed by atoms with Crippen LogP contribution >= 0.6 is 0 Å². The number of hydrogen-bond donors (Lipinski definition) is 0. The second kappa shape index (κ2) is 11.1. The number of pyridine rings is 1. The van der Waals surface area contributed by atoms with Gasteiger partial charge in [0, 0.05) is 29.3 Å². The van der Waals surface area contributed by atoms with Crippen LogP contribution in [0.4, 0.5) is 8.78 Å². The number of aryl methyl sites for hydroxylation is 3. The Bertz CT molecular complexity index is 1290. The average Bonchev–Trinajstić information content (AvgIpc) is 3.06. The summed E-state index contributed by atoms with van der Waals surface area (Å²) >= 11 is 0. The largest absolute Gasteiger partial charge is 0.490 e. The quantitative estimate of drug-likeness (QED) is 0.337. The van der Waals surface area contributed by atoms with Crippen LogP contribution in [0.25, 0.3) is 11.3 Å². The number of halogens is 2. The summed E-state index contributed by atoms with van der Waals surface area (Å²) in [4.78, 5) is 18.6. The molecule has 0 bridgehead atoms. The van der Waals surface area contributed by atoms with Gasteiger partial charge in [-0.1, -0.05) is 36.6 Å². The molecular formula is C32H35F2NO2. The molecule has 2 aliphatic rings. The molecule has 1 aliphatic heterocycles. The van der Waals surface area contributed by atoms with Crippen molar-refractivity contribution in [2.24, 2.45) is 11.8 Å². The first-order valence-electron chi connectivity index (χ1n) is 13.6. The molecule has 3 aromatic rings. The van der Waals surface area contributed by atoms with Crippen LogP contribution in [0.5, 0.6) is 5.75 Å². The summed E-state index contributed by atoms with van der Waals surface area (Å²) in [6.45, 7) is 4.05. The first-order chi connectivity index (χ1) is 17.9. The summed E-state index contributed by atoms with van der Waals surface area (Å²) in [5.41, 5.74) is 5.41. The number of carbonyl (C=O) groups is 1. The van der Waals surface area contributed by atoms with Crippen LogP contribution in [0.2, 0.25) is 0 Å². The predicted molar refractivity (Wildman–Crippen MR) is 142 cm³/mol. The fraction of sp³-hybridized carbons (Fsp3) is 0.438. The number of nitrogens with zero attached hydrogens (tertiary/aromatic N) is 1. The van der Waals surface area contributed by atoms with Crippen LogP contribution in [0.1, 0.15) is 78.4 Å². The molecule has 1 aliphatic carbocycles. The Balaban J connectivity index is 1.35. The Morgan fingerprint density at radius 1 is 0.919 bits per heavy atom. The molecule has 0 N–H and O–H groups in total. The fourth-order valence-electron chi connectivity index (χ4n) is 6.11. The minimum Gasteiger partial charge on any atom is -0.490 e. The zero-order chi connectivity index (χ0) is 25.9. The standard InChI is InChI=1S/C32H35F2NO2/c1-20-12-15-25(31-21(2)7-6-16-35-31)26(17-20)32(36)23-9-4-3-8-22(13-14-23)29-11-5-10-24-18-27(33)28(34)19-30(24)37-29/h6-7,12,15-19,22-23,29H,3-5,8-11,13-14H2,1-2H3/t22-,23?,29?/m1/s1. The second-order valence-electron chi connectivity index (χ2n) is 10.8. The van der Waals surface area contributed by atoms with Crippen molar-refractivity contribution < 1.29 is 18.3 Å². The molecule has 2 heterocycles. The van der Waals surface area contributed by atoms with Crippen molar-refractivity contribution in [2.75, 3.05) is 0 Å². The van der Waals surface area contributed by atoms with Crippen molar-refractivity contribution in [1.29, 1.82) is 0 Å². The summed E-state index contributed by atoms with van der Waals surface area (Å²) in [6, 6.07) is 12.5. The average molecular weight is 504 g/mol. The molecule has 0 radical (unpaired) electrons. The van der Waals surface area contributed by atoms with E-state index in [9.17, 15) is 13.6 Å². The van der Waals surface area contributed by atoms with Gasteiger partial charge in [-0.3, -0.25) is 9.78 Å². The van der Waals surface area contributed by atoms with E-state index < -0.39 is 11.6 Å². The van der Waals surface area contributed by atoms with Gasteiger partial charge < -0.3 is 4.74 Å². The normalized spacial score (nSPS) is 22.2. The maximum absolute atomic E-state index is 14.0. The molecule has 0 amide bonds. The summed E-state index contributed by atoms with van der Waals surface area (Å²) < 4.78 is 34.0. The van der Waals surface area contributed by atoms with Gasteiger partial charge in [0.1, 0.15) is 11.9 Å². The fourth-order valence-corrected chi connectivity index (χ4v) is 6.11. The molecule has 194 valence electrons. The van der Waals surface area contributed by atoms with Crippen molar-refractivity contribution in [3.63, 3.8) is 0 Å². The van der Waals surface area contributed by atoms with Crippen molar-refractivity contribution in [2.45, 2.75) is 77.7 Å². The molecule has 5 heteroatoms. The number of rotatable bonds is 4. The van der Waals surface area contributed by atoms with Crippen molar-refractivity contribution in [3.05, 3.63) is 82.5 Å². The van der Waals surface area contributed by atoms with Crippen LogP contribution in [0.15, 0.2) is 48.7 Å². The Labute approximate surface area is 218 Å². The van der Waals surface area contributed by atoms with Crippen LogP contribution in [-0.2, 0) is 6.42 Å². The zero-order valence-electron chi connectivity index (χ0n) is 21.7. The van der Waals surface area contributed by atoms with Crippen molar-refractivity contribution in [3.8, 4) is 17.0 Å². The minimum atomic E-state index is -0.861. The summed E-state index contributed by atoms with van der Waals surface area (Å²) in [6.07, 6.45) is 9.85. The SMILES string of the molecule is Cc1ccc(-c2ncccc2C)c(C(=O)C2CCCC[C@@H](C3CCCc4cc(F)c(F)cc4O3)CC2)c1. The highest BCUT2D eigenvalue weighted by Gasteiger charge is 2.31. The third-order valence-corrected chi connectivity index (χ3v) is 8.18. The first-order valence-corrected chi connectivity index (χ1v) is 13.6. The van der Waals surface area contributed by atoms with E-state index in [0.717, 1.165) is 84.9 Å². The monoisotopic (exact) mass is 503 g/mol. The van der Waals surface area contributed by atoms with Gasteiger partial charge in [-0.25, -0.2) is 8.78 Å². The predicted octanol–water partition coefficient (Wildman–Crippen LogP) is 8.20. The summed E-state index contributed by atoms with van der Waals surface area (Å²) in [7, 11) is 0. The highest BCUT2D eigenvalue weighted by atomic mass is 19.2. The van der Waals surface area contributed by atoms with Gasteiger partial charge in [-0.05, 0) is 94.0 Å². The smallest absolute Gasteiger partial charge is 0.166 e. The van der Waals surface area contributed by atoms with E-state index >= 15 is 0 Å². The Morgan fingerprint density at radius 3 is 2.57 bits per heavy atom. The third kappa shape index (κ3) is 5.61. The lowest BCUT2D eigenvalue weighted by molar-refractivity contribution is 0.0824. The highest BCUT2D eigenvalue weighted by molar-refractivity contribution is 6.03. The van der Waals surface area contributed by atoms with E-state index in [1.165, 1.54) is 12.1 Å². The van der Waals surface area contributed by atoms with Crippen LogP contribution in [0, 0.1) is 37.3 Å². The van der Waals surface area contributed by atoms with Crippen LogP contribution in [-0.4, -0.2) is 16.9 Å². The number of benzene rings is 2. The molecule has 2 aromatic carbocycles. The summed E-state index contributed by atoms with van der Waals surface area (Å²) in [5.74, 6) is -0.744. The molecule has 0 spiro atoms. The number of hydrogen-bond acceptors (Lipinski definition) is 3. The van der Waals surface area contributed by atoms with Gasteiger partial charge in [0.05, 0.1) is 5.69 Å². The molecular weight excluding hydrogens is 468 g/mol. The maximum atomic E-state index is 14.0. The van der Waals surface area contributed by atoms with Gasteiger partial charge in [-0.2, -0.15) is 0 Å². The van der Waals surface area contributed by atoms with E-state index in [-0.39, 0.29) is 17.8 Å². The van der Waals surface area contributed by atoms with Crippen molar-refractivity contribution in [1.82, 2.24) is 4.98 Å². The van der Waals surface area contributed by atoms with Gasteiger partial charge in [0.2, 0.25) is 0 Å². The molecule has 0 saturated heterocycles. The Kier molecular flexibility index (Phi) is 7.68. The van der Waals surface area contributed by atoms with E-state index in [1.807, 2.05) is 44.2 Å². The first kappa shape index (κ1) is 25.6. The molecule has 1 fully saturated rings. The van der Waals surface area contributed by atoms with E-state index in [1.54, 1.807) is 6.20 Å². The number of fused-ring (bicyclic) bond motifs is 1. The molecule has 3 nitrogen and oxygen atoms in total. The van der Waals surface area contributed by atoms with Crippen LogP contribution < -0.4 is 4.74 Å². The molecule has 5 rings (SSSR count). The van der Waals surface area contributed by atoms with Crippen molar-refractivity contribution >= 4 is 5.78 Å². The van der Waals surface area contributed by atoms with E-state index in [0.29, 0.717) is 18.1 Å². The third-order valence-electron chi connectivity index (χ3n) is 8.18. The number of ketones is 1. The second-order valence-corrected chi connectivity index (χ2v) is 10.8. The lowest BCUT2D eigenvalue weighted by Crippen LogP contribution is -2.29. The minimum absolute atomic E-state index is 0.0364. The highest BCUT2D eigenvalue weighted by Crippen LogP contribution is 2.38. The Hall–Kier alpha value is -3.08. The number of aromatic nitrogens is 1. The topological polar surface area (TPSA) is 39.2 Å². The molecule has 2 unspecified atom stereocenters. The van der Waals surface area contributed by atoms with Gasteiger partial charge in [0.15, 0.2) is 17.4 Å². The number of ether oxygens (including phenoxy) is 1. The lowest BCUT2D eigenvalue weighted by atomic mass is 9.78. The molecule has 1 aromatic heterocycles. The lowest BCUT2D eigenvalue weighted by Gasteiger charge is -2.31. The van der Waals surface area contributed by atoms with Gasteiger partial charge in [0.25, 0.3) is 0 Å². The molecule has 3 atom stereocenters. The number of carbonyl (C=O) groups excluding carboxylic acids is 1. The summed E-state index contributed by atoms with van der Waals surface area (Å²) in [5, 5.41) is 0. The van der Waals surface area contributed by atoms with Gasteiger partial charge in [-0.15, -0.1) is 0 Å². The van der Waals surface area contributed by atoms with E-state index in [4.69, 9.17) is 4.74 Å². The zero-order valence-corrected chi connectivity index (χ0v) is 21.7. The number of Topliss-reactive ketones (excluding diaryl/α,β-unsaturated/α-hetero) is 1. The van der Waals surface area contributed by atoms with Crippen LogP contribution in [0.3, 0.4) is 0 Å². The molecule has 1 saturated carbocycles.